The van der Waals surface area contributed by atoms with Crippen molar-refractivity contribution in [3.8, 4) is 0 Å². The zero-order valence-electron chi connectivity index (χ0n) is 9.11. The molecule has 1 aliphatic carbocycles. The first kappa shape index (κ1) is 10.7. The number of rotatable bonds is 2. The van der Waals surface area contributed by atoms with E-state index in [9.17, 15) is 10.2 Å². The highest BCUT2D eigenvalue weighted by Crippen LogP contribution is 2.45. The van der Waals surface area contributed by atoms with Crippen molar-refractivity contribution in [2.45, 2.75) is 32.3 Å². The minimum Gasteiger partial charge on any atom is -0.396 e. The summed E-state index contributed by atoms with van der Waals surface area (Å²) in [5, 5.41) is 19.8. The molecule has 0 heterocycles. The van der Waals surface area contributed by atoms with Crippen molar-refractivity contribution in [2.75, 3.05) is 6.61 Å². The molecule has 0 aromatic heterocycles. The van der Waals surface area contributed by atoms with Gasteiger partial charge in [0.25, 0.3) is 0 Å². The summed E-state index contributed by atoms with van der Waals surface area (Å²) in [4.78, 5) is 0. The van der Waals surface area contributed by atoms with Gasteiger partial charge in [0, 0.05) is 5.41 Å². The Bertz CT molecular complexity index is 342. The van der Waals surface area contributed by atoms with Gasteiger partial charge in [0.05, 0.1) is 12.7 Å². The Balaban J connectivity index is 2.40. The van der Waals surface area contributed by atoms with Gasteiger partial charge in [0.2, 0.25) is 0 Å². The smallest absolute Gasteiger partial charge is 0.0870 e. The lowest BCUT2D eigenvalue weighted by atomic mass is 9.68. The van der Waals surface area contributed by atoms with E-state index in [1.807, 2.05) is 25.1 Å². The monoisotopic (exact) mass is 206 g/mol. The minimum atomic E-state index is -0.516. The molecule has 2 nitrogen and oxygen atoms in total. The SMILES string of the molecule is CC[C@]1(CO)CCc2ccccc2[C@H]1O. The first-order valence-corrected chi connectivity index (χ1v) is 5.60. The maximum Gasteiger partial charge on any atom is 0.0870 e. The topological polar surface area (TPSA) is 40.5 Å². The molecule has 0 unspecified atom stereocenters. The van der Waals surface area contributed by atoms with Crippen LogP contribution >= 0.6 is 0 Å². The zero-order valence-corrected chi connectivity index (χ0v) is 9.11. The van der Waals surface area contributed by atoms with E-state index in [-0.39, 0.29) is 12.0 Å². The van der Waals surface area contributed by atoms with Gasteiger partial charge >= 0.3 is 0 Å². The van der Waals surface area contributed by atoms with Gasteiger partial charge in [-0.05, 0) is 30.4 Å². The van der Waals surface area contributed by atoms with E-state index in [1.165, 1.54) is 5.56 Å². The molecular formula is C13H18O2. The van der Waals surface area contributed by atoms with Crippen molar-refractivity contribution < 1.29 is 10.2 Å². The lowest BCUT2D eigenvalue weighted by molar-refractivity contribution is -0.0360. The van der Waals surface area contributed by atoms with Gasteiger partial charge in [-0.2, -0.15) is 0 Å². The summed E-state index contributed by atoms with van der Waals surface area (Å²) in [5.74, 6) is 0. The lowest BCUT2D eigenvalue weighted by Crippen LogP contribution is -2.36. The third kappa shape index (κ3) is 1.58. The predicted octanol–water partition coefficient (Wildman–Crippen LogP) is 2.05. The number of hydrogen-bond donors (Lipinski definition) is 2. The minimum absolute atomic E-state index is 0.0685. The molecule has 0 bridgehead atoms. The van der Waals surface area contributed by atoms with Crippen molar-refractivity contribution in [2.24, 2.45) is 5.41 Å². The molecule has 1 aliphatic rings. The number of benzene rings is 1. The van der Waals surface area contributed by atoms with Gasteiger partial charge in [0.15, 0.2) is 0 Å². The zero-order chi connectivity index (χ0) is 10.9. The highest BCUT2D eigenvalue weighted by Gasteiger charge is 2.40. The van der Waals surface area contributed by atoms with E-state index in [0.29, 0.717) is 0 Å². The summed E-state index contributed by atoms with van der Waals surface area (Å²) in [6, 6.07) is 7.99. The van der Waals surface area contributed by atoms with E-state index in [4.69, 9.17) is 0 Å². The normalized spacial score (nSPS) is 29.9. The molecule has 2 heteroatoms. The summed E-state index contributed by atoms with van der Waals surface area (Å²) in [6.45, 7) is 2.10. The largest absolute Gasteiger partial charge is 0.396 e. The number of aliphatic hydroxyl groups is 2. The number of fused-ring (bicyclic) bond motifs is 1. The highest BCUT2D eigenvalue weighted by molar-refractivity contribution is 5.33. The molecule has 2 N–H and O–H groups in total. The van der Waals surface area contributed by atoms with E-state index in [1.54, 1.807) is 0 Å². The molecule has 1 aromatic carbocycles. The fourth-order valence-electron chi connectivity index (χ4n) is 2.53. The Morgan fingerprint density at radius 3 is 2.80 bits per heavy atom. The van der Waals surface area contributed by atoms with Crippen LogP contribution in [0.4, 0.5) is 0 Å². The molecule has 0 aliphatic heterocycles. The Kier molecular flexibility index (Phi) is 2.81. The second kappa shape index (κ2) is 3.95. The van der Waals surface area contributed by atoms with Gasteiger partial charge in [-0.15, -0.1) is 0 Å². The van der Waals surface area contributed by atoms with Gasteiger partial charge in [-0.1, -0.05) is 31.2 Å². The van der Waals surface area contributed by atoms with E-state index in [2.05, 4.69) is 6.07 Å². The highest BCUT2D eigenvalue weighted by atomic mass is 16.3. The van der Waals surface area contributed by atoms with Crippen LogP contribution in [0.25, 0.3) is 0 Å². The van der Waals surface area contributed by atoms with Crippen molar-refractivity contribution in [3.63, 3.8) is 0 Å². The summed E-state index contributed by atoms with van der Waals surface area (Å²) in [5.41, 5.74) is 1.90. The first-order valence-electron chi connectivity index (χ1n) is 5.60. The third-order valence-electron chi connectivity index (χ3n) is 3.84. The van der Waals surface area contributed by atoms with Gasteiger partial charge in [-0.3, -0.25) is 0 Å². The lowest BCUT2D eigenvalue weighted by Gasteiger charge is -2.40. The summed E-state index contributed by atoms with van der Waals surface area (Å²) >= 11 is 0. The Hall–Kier alpha value is -0.860. The van der Waals surface area contributed by atoms with E-state index in [0.717, 1.165) is 24.8 Å². The predicted molar refractivity (Wildman–Crippen MR) is 59.5 cm³/mol. The molecular weight excluding hydrogens is 188 g/mol. The number of aryl methyl sites for hydroxylation is 1. The van der Waals surface area contributed by atoms with Crippen molar-refractivity contribution in [1.29, 1.82) is 0 Å². The van der Waals surface area contributed by atoms with Crippen LogP contribution in [0.15, 0.2) is 24.3 Å². The fourth-order valence-corrected chi connectivity index (χ4v) is 2.53. The first-order chi connectivity index (χ1) is 7.23. The molecule has 2 atom stereocenters. The molecule has 2 rings (SSSR count). The van der Waals surface area contributed by atoms with Crippen molar-refractivity contribution in [3.05, 3.63) is 35.4 Å². The van der Waals surface area contributed by atoms with E-state index < -0.39 is 6.10 Å². The van der Waals surface area contributed by atoms with Crippen LogP contribution in [0.2, 0.25) is 0 Å². The van der Waals surface area contributed by atoms with Gasteiger partial charge < -0.3 is 10.2 Å². The van der Waals surface area contributed by atoms with Crippen molar-refractivity contribution >= 4 is 0 Å². The number of hydrogen-bond acceptors (Lipinski definition) is 2. The average molecular weight is 206 g/mol. The van der Waals surface area contributed by atoms with Crippen LogP contribution in [-0.2, 0) is 6.42 Å². The van der Waals surface area contributed by atoms with Crippen molar-refractivity contribution in [1.82, 2.24) is 0 Å². The summed E-state index contributed by atoms with van der Waals surface area (Å²) in [7, 11) is 0. The Labute approximate surface area is 90.6 Å². The molecule has 82 valence electrons. The van der Waals surface area contributed by atoms with Crippen LogP contribution in [0.1, 0.15) is 37.0 Å². The molecule has 0 saturated carbocycles. The molecule has 0 amide bonds. The molecule has 1 aromatic rings. The van der Waals surface area contributed by atoms with Gasteiger partial charge in [0.1, 0.15) is 0 Å². The Morgan fingerprint density at radius 1 is 1.40 bits per heavy atom. The number of aliphatic hydroxyl groups excluding tert-OH is 2. The van der Waals surface area contributed by atoms with Crippen LogP contribution in [-0.4, -0.2) is 16.8 Å². The second-order valence-corrected chi connectivity index (χ2v) is 4.48. The summed E-state index contributed by atoms with van der Waals surface area (Å²) in [6.07, 6.45) is 2.14. The second-order valence-electron chi connectivity index (χ2n) is 4.48. The van der Waals surface area contributed by atoms with Crippen LogP contribution in [0.5, 0.6) is 0 Å². The van der Waals surface area contributed by atoms with Crippen LogP contribution in [0, 0.1) is 5.41 Å². The molecule has 15 heavy (non-hydrogen) atoms. The summed E-state index contributed by atoms with van der Waals surface area (Å²) < 4.78 is 0. The van der Waals surface area contributed by atoms with E-state index >= 15 is 0 Å². The molecule has 0 fully saturated rings. The average Bonchev–Trinajstić information content (AvgIpc) is 2.31. The fraction of sp³-hybridized carbons (Fsp3) is 0.538. The van der Waals surface area contributed by atoms with Crippen LogP contribution < -0.4 is 0 Å². The quantitative estimate of drug-likeness (QED) is 0.777. The molecule has 0 spiro atoms. The van der Waals surface area contributed by atoms with Crippen LogP contribution in [0.3, 0.4) is 0 Å². The molecule has 0 saturated heterocycles. The third-order valence-corrected chi connectivity index (χ3v) is 3.84. The van der Waals surface area contributed by atoms with Gasteiger partial charge in [-0.25, -0.2) is 0 Å². The maximum absolute atomic E-state index is 10.3. The Morgan fingerprint density at radius 2 is 2.13 bits per heavy atom. The maximum atomic E-state index is 10.3. The standard InChI is InChI=1S/C13H18O2/c1-2-13(9-14)8-7-10-5-3-4-6-11(10)12(13)15/h3-6,12,14-15H,2,7-9H2,1H3/t12-,13-/m1/s1. The molecule has 0 radical (unpaired) electrons.